The van der Waals surface area contributed by atoms with E-state index < -0.39 is 0 Å². The lowest BCUT2D eigenvalue weighted by Gasteiger charge is -2.11. The number of hydrogen-bond acceptors (Lipinski definition) is 6. The fourth-order valence-corrected chi connectivity index (χ4v) is 2.29. The fourth-order valence-electron chi connectivity index (χ4n) is 2.29. The molecule has 2 N–H and O–H groups in total. The molecule has 0 atom stereocenters. The van der Waals surface area contributed by atoms with Gasteiger partial charge in [0.05, 0.1) is 12.7 Å². The number of rotatable bonds is 8. The van der Waals surface area contributed by atoms with E-state index in [0.717, 1.165) is 18.7 Å². The molecule has 0 saturated carbocycles. The highest BCUT2D eigenvalue weighted by Crippen LogP contribution is 2.16. The van der Waals surface area contributed by atoms with Gasteiger partial charge in [0.2, 0.25) is 0 Å². The molecule has 0 bridgehead atoms. The van der Waals surface area contributed by atoms with Gasteiger partial charge in [-0.25, -0.2) is 9.78 Å². The molecule has 1 aromatic heterocycles. The Bertz CT molecular complexity index is 745. The average Bonchev–Trinajstić information content (AvgIpc) is 2.65. The maximum atomic E-state index is 12.2. The van der Waals surface area contributed by atoms with E-state index in [2.05, 4.69) is 25.3 Å². The minimum Gasteiger partial charge on any atom is -0.465 e. The van der Waals surface area contributed by atoms with Crippen molar-refractivity contribution >= 4 is 23.4 Å². The Labute approximate surface area is 153 Å². The number of nitrogens with zero attached hydrogens (tertiary/aromatic N) is 2. The van der Waals surface area contributed by atoms with Crippen molar-refractivity contribution in [2.24, 2.45) is 0 Å². The van der Waals surface area contributed by atoms with E-state index >= 15 is 0 Å². The lowest BCUT2D eigenvalue weighted by atomic mass is 10.2. The monoisotopic (exact) mass is 356 g/mol. The van der Waals surface area contributed by atoms with Crippen molar-refractivity contribution in [3.8, 4) is 0 Å². The predicted molar refractivity (Wildman–Crippen MR) is 101 cm³/mol. The number of amides is 1. The third kappa shape index (κ3) is 5.86. The van der Waals surface area contributed by atoms with Crippen molar-refractivity contribution in [2.75, 3.05) is 39.6 Å². The van der Waals surface area contributed by atoms with Crippen molar-refractivity contribution in [1.82, 2.24) is 15.2 Å². The summed E-state index contributed by atoms with van der Waals surface area (Å²) < 4.78 is 4.67. The van der Waals surface area contributed by atoms with Gasteiger partial charge >= 0.3 is 5.97 Å². The van der Waals surface area contributed by atoms with Crippen LogP contribution in [0, 0.1) is 0 Å². The second-order valence-electron chi connectivity index (χ2n) is 6.04. The standard InChI is InChI=1S/C19H24N4O3/c1-23(2)12-4-10-21-18(24)15-9-11-20-17(13-15)22-16-7-5-14(6-8-16)19(25)26-3/h5-9,11,13H,4,10,12H2,1-3H3,(H,20,22)(H,21,24). The molecule has 0 radical (unpaired) electrons. The predicted octanol–water partition coefficient (Wildman–Crippen LogP) is 2.29. The van der Waals surface area contributed by atoms with Gasteiger partial charge < -0.3 is 20.3 Å². The first-order valence-electron chi connectivity index (χ1n) is 8.34. The Morgan fingerprint density at radius 3 is 2.50 bits per heavy atom. The third-order valence-electron chi connectivity index (χ3n) is 3.67. The second kappa shape index (κ2) is 9.53. The number of methoxy groups -OCH3 is 1. The lowest BCUT2D eigenvalue weighted by molar-refractivity contribution is 0.0600. The molecule has 0 aliphatic heterocycles. The Morgan fingerprint density at radius 1 is 1.12 bits per heavy atom. The van der Waals surface area contributed by atoms with Crippen LogP contribution in [-0.4, -0.2) is 56.1 Å². The van der Waals surface area contributed by atoms with Crippen LogP contribution in [-0.2, 0) is 4.74 Å². The molecule has 0 saturated heterocycles. The van der Waals surface area contributed by atoms with Crippen LogP contribution < -0.4 is 10.6 Å². The molecule has 26 heavy (non-hydrogen) atoms. The van der Waals surface area contributed by atoms with Gasteiger partial charge in [0.1, 0.15) is 5.82 Å². The van der Waals surface area contributed by atoms with Crippen LogP contribution in [0.25, 0.3) is 0 Å². The summed E-state index contributed by atoms with van der Waals surface area (Å²) in [5.41, 5.74) is 1.77. The number of hydrogen-bond donors (Lipinski definition) is 2. The SMILES string of the molecule is COC(=O)c1ccc(Nc2cc(C(=O)NCCCN(C)C)ccn2)cc1. The van der Waals surface area contributed by atoms with E-state index in [1.165, 1.54) is 7.11 Å². The normalized spacial score (nSPS) is 10.5. The zero-order valence-electron chi connectivity index (χ0n) is 15.3. The summed E-state index contributed by atoms with van der Waals surface area (Å²) in [6, 6.07) is 10.2. The summed E-state index contributed by atoms with van der Waals surface area (Å²) in [7, 11) is 5.34. The van der Waals surface area contributed by atoms with Crippen molar-refractivity contribution < 1.29 is 14.3 Å². The summed E-state index contributed by atoms with van der Waals surface area (Å²) in [6.07, 6.45) is 2.47. The molecule has 2 rings (SSSR count). The van der Waals surface area contributed by atoms with Crippen molar-refractivity contribution in [2.45, 2.75) is 6.42 Å². The van der Waals surface area contributed by atoms with E-state index in [4.69, 9.17) is 0 Å². The minimum atomic E-state index is -0.386. The number of pyridine rings is 1. The summed E-state index contributed by atoms with van der Waals surface area (Å²) in [5, 5.41) is 6.01. The Balaban J connectivity index is 1.96. The number of aromatic nitrogens is 1. The molecule has 138 valence electrons. The summed E-state index contributed by atoms with van der Waals surface area (Å²) in [4.78, 5) is 30.0. The summed E-state index contributed by atoms with van der Waals surface area (Å²) in [6.45, 7) is 1.54. The zero-order valence-corrected chi connectivity index (χ0v) is 15.3. The number of anilines is 2. The number of ether oxygens (including phenoxy) is 1. The minimum absolute atomic E-state index is 0.129. The average molecular weight is 356 g/mol. The second-order valence-corrected chi connectivity index (χ2v) is 6.04. The third-order valence-corrected chi connectivity index (χ3v) is 3.67. The van der Waals surface area contributed by atoms with Crippen LogP contribution in [0.15, 0.2) is 42.6 Å². The largest absolute Gasteiger partial charge is 0.465 e. The smallest absolute Gasteiger partial charge is 0.337 e. The molecule has 0 spiro atoms. The Hall–Kier alpha value is -2.93. The molecular weight excluding hydrogens is 332 g/mol. The number of benzene rings is 1. The molecule has 7 heteroatoms. The van der Waals surface area contributed by atoms with Gasteiger partial charge in [-0.1, -0.05) is 0 Å². The number of esters is 1. The van der Waals surface area contributed by atoms with Crippen LogP contribution in [0.1, 0.15) is 27.1 Å². The molecular formula is C19H24N4O3. The Morgan fingerprint density at radius 2 is 1.85 bits per heavy atom. The van der Waals surface area contributed by atoms with Gasteiger partial charge in [0.25, 0.3) is 5.91 Å². The van der Waals surface area contributed by atoms with Crippen molar-refractivity contribution in [1.29, 1.82) is 0 Å². The Kier molecular flexibility index (Phi) is 7.11. The first kappa shape index (κ1) is 19.4. The lowest BCUT2D eigenvalue weighted by Crippen LogP contribution is -2.27. The molecule has 7 nitrogen and oxygen atoms in total. The molecule has 0 aliphatic carbocycles. The number of carbonyl (C=O) groups excluding carboxylic acids is 2. The highest BCUT2D eigenvalue weighted by atomic mass is 16.5. The van der Waals surface area contributed by atoms with Crippen LogP contribution in [0.3, 0.4) is 0 Å². The highest BCUT2D eigenvalue weighted by Gasteiger charge is 2.08. The van der Waals surface area contributed by atoms with Crippen molar-refractivity contribution in [3.63, 3.8) is 0 Å². The van der Waals surface area contributed by atoms with Crippen LogP contribution in [0.4, 0.5) is 11.5 Å². The zero-order chi connectivity index (χ0) is 18.9. The number of nitrogens with one attached hydrogen (secondary N) is 2. The van der Waals surface area contributed by atoms with E-state index in [9.17, 15) is 9.59 Å². The van der Waals surface area contributed by atoms with Crippen LogP contribution in [0.5, 0.6) is 0 Å². The summed E-state index contributed by atoms with van der Waals surface area (Å²) >= 11 is 0. The van der Waals surface area contributed by atoms with E-state index in [-0.39, 0.29) is 11.9 Å². The van der Waals surface area contributed by atoms with Crippen LogP contribution >= 0.6 is 0 Å². The van der Waals surface area contributed by atoms with E-state index in [1.807, 2.05) is 14.1 Å². The molecule has 1 aromatic carbocycles. The van der Waals surface area contributed by atoms with Crippen LogP contribution in [0.2, 0.25) is 0 Å². The van der Waals surface area contributed by atoms with E-state index in [0.29, 0.717) is 23.5 Å². The van der Waals surface area contributed by atoms with Gasteiger partial charge in [-0.05, 0) is 63.5 Å². The number of carbonyl (C=O) groups is 2. The van der Waals surface area contributed by atoms with Gasteiger partial charge in [0.15, 0.2) is 0 Å². The summed E-state index contributed by atoms with van der Waals surface area (Å²) in [5.74, 6) is 0.0367. The van der Waals surface area contributed by atoms with E-state index in [1.54, 1.807) is 42.6 Å². The molecule has 1 amide bonds. The quantitative estimate of drug-likeness (QED) is 0.558. The maximum Gasteiger partial charge on any atom is 0.337 e. The topological polar surface area (TPSA) is 83.6 Å². The highest BCUT2D eigenvalue weighted by molar-refractivity contribution is 5.95. The molecule has 0 fully saturated rings. The van der Waals surface area contributed by atoms with Gasteiger partial charge in [-0.15, -0.1) is 0 Å². The first-order chi connectivity index (χ1) is 12.5. The maximum absolute atomic E-state index is 12.2. The first-order valence-corrected chi connectivity index (χ1v) is 8.34. The molecule has 2 aromatic rings. The van der Waals surface area contributed by atoms with Gasteiger partial charge in [0, 0.05) is 24.0 Å². The molecule has 0 unspecified atom stereocenters. The molecule has 1 heterocycles. The fraction of sp³-hybridized carbons (Fsp3) is 0.316. The van der Waals surface area contributed by atoms with Crippen molar-refractivity contribution in [3.05, 3.63) is 53.7 Å². The van der Waals surface area contributed by atoms with Gasteiger partial charge in [-0.2, -0.15) is 0 Å². The van der Waals surface area contributed by atoms with Gasteiger partial charge in [-0.3, -0.25) is 4.79 Å². The molecule has 0 aliphatic rings.